The molecule has 184 valence electrons. The summed E-state index contributed by atoms with van der Waals surface area (Å²) >= 11 is 0.946. The van der Waals surface area contributed by atoms with Crippen molar-refractivity contribution in [3.05, 3.63) is 51.8 Å². The second kappa shape index (κ2) is 9.41. The van der Waals surface area contributed by atoms with Crippen molar-refractivity contribution in [2.24, 2.45) is 0 Å². The number of fused-ring (bicyclic) bond motifs is 2. The first kappa shape index (κ1) is 24.0. The number of aryl methyl sites for hydroxylation is 1. The Morgan fingerprint density at radius 3 is 2.61 bits per heavy atom. The molecule has 11 heteroatoms. The van der Waals surface area contributed by atoms with Crippen molar-refractivity contribution in [3.63, 3.8) is 0 Å². The van der Waals surface area contributed by atoms with Crippen LogP contribution in [-0.2, 0) is 13.0 Å². The molecule has 5 rings (SSSR count). The monoisotopic (exact) mass is 509 g/mol. The van der Waals surface area contributed by atoms with Crippen LogP contribution in [0.15, 0.2) is 24.3 Å². The van der Waals surface area contributed by atoms with Crippen molar-refractivity contribution in [2.75, 3.05) is 18.4 Å². The summed E-state index contributed by atoms with van der Waals surface area (Å²) in [6.07, 6.45) is -3.68. The normalized spacial score (nSPS) is 15.3. The third-order valence-electron chi connectivity index (χ3n) is 6.55. The lowest BCUT2D eigenvalue weighted by atomic mass is 10.0. The average Bonchev–Trinajstić information content (AvgIpc) is 3.44. The second-order valence-electron chi connectivity index (χ2n) is 9.03. The lowest BCUT2D eigenvalue weighted by Crippen LogP contribution is -2.39. The summed E-state index contributed by atoms with van der Waals surface area (Å²) in [5, 5.41) is 23.4. The van der Waals surface area contributed by atoms with Gasteiger partial charge in [-0.15, -0.1) is 11.3 Å². The van der Waals surface area contributed by atoms with Crippen LogP contribution >= 0.6 is 11.3 Å². The van der Waals surface area contributed by atoms with Crippen LogP contribution in [0, 0.1) is 29.6 Å². The van der Waals surface area contributed by atoms with Gasteiger partial charge in [-0.25, -0.2) is 9.97 Å². The number of halogens is 3. The zero-order chi connectivity index (χ0) is 25.4. The molecule has 0 radical (unpaired) electrons. The highest BCUT2D eigenvalue weighted by Crippen LogP contribution is 2.34. The van der Waals surface area contributed by atoms with Crippen molar-refractivity contribution >= 4 is 38.3 Å². The molecule has 1 aromatic carbocycles. The van der Waals surface area contributed by atoms with Crippen LogP contribution in [0.3, 0.4) is 0 Å². The van der Waals surface area contributed by atoms with E-state index in [1.807, 2.05) is 18.2 Å². The van der Waals surface area contributed by atoms with E-state index in [0.29, 0.717) is 21.7 Å². The molecule has 0 spiro atoms. The van der Waals surface area contributed by atoms with Crippen LogP contribution in [-0.4, -0.2) is 45.2 Å². The summed E-state index contributed by atoms with van der Waals surface area (Å²) in [7, 11) is 0. The van der Waals surface area contributed by atoms with Gasteiger partial charge in [0.15, 0.2) is 0 Å². The number of alkyl halides is 3. The zero-order valence-electron chi connectivity index (χ0n) is 19.4. The topological polar surface area (TPSA) is 104 Å². The Morgan fingerprint density at radius 2 is 1.92 bits per heavy atom. The van der Waals surface area contributed by atoms with Gasteiger partial charge >= 0.3 is 6.18 Å². The van der Waals surface area contributed by atoms with Crippen LogP contribution in [0.1, 0.15) is 40.4 Å². The molecule has 1 aliphatic rings. The number of anilines is 1. The van der Waals surface area contributed by atoms with Gasteiger partial charge in [0.05, 0.1) is 11.8 Å². The molecule has 1 fully saturated rings. The molecule has 0 atom stereocenters. The number of nitriles is 2. The van der Waals surface area contributed by atoms with Gasteiger partial charge in [0.1, 0.15) is 28.5 Å². The highest BCUT2D eigenvalue weighted by atomic mass is 32.1. The maximum absolute atomic E-state index is 12.9. The lowest BCUT2D eigenvalue weighted by molar-refractivity contribution is -0.126. The summed E-state index contributed by atoms with van der Waals surface area (Å²) in [6.45, 7) is 4.55. The van der Waals surface area contributed by atoms with Gasteiger partial charge in [-0.1, -0.05) is 6.07 Å². The number of nitrogens with one attached hydrogen (secondary N) is 2. The molecule has 1 aliphatic heterocycles. The third-order valence-corrected chi connectivity index (χ3v) is 7.58. The van der Waals surface area contributed by atoms with Gasteiger partial charge < -0.3 is 10.3 Å². The van der Waals surface area contributed by atoms with Crippen molar-refractivity contribution in [3.8, 4) is 12.1 Å². The second-order valence-corrected chi connectivity index (χ2v) is 10.1. The molecule has 4 heterocycles. The summed E-state index contributed by atoms with van der Waals surface area (Å²) in [5.74, 6) is 0.361. The lowest BCUT2D eigenvalue weighted by Gasteiger charge is -2.33. The Hall–Kier alpha value is -3.67. The number of hydrogen-bond donors (Lipinski definition) is 2. The average molecular weight is 510 g/mol. The smallest absolute Gasteiger partial charge is 0.367 e. The van der Waals surface area contributed by atoms with Crippen molar-refractivity contribution in [2.45, 2.75) is 44.9 Å². The molecular weight excluding hydrogens is 487 g/mol. The molecule has 4 aromatic rings. The SMILES string of the molecule is Cc1c(CN2CCC(Nc3nc(C#N)nc4sc(CC(F)(F)F)cc34)CC2)ccc2[nH]c(C#N)cc12. The van der Waals surface area contributed by atoms with Gasteiger partial charge in [0.25, 0.3) is 0 Å². The minimum absolute atomic E-state index is 0.0574. The molecule has 36 heavy (non-hydrogen) atoms. The Labute approximate surface area is 209 Å². The quantitative estimate of drug-likeness (QED) is 0.373. The van der Waals surface area contributed by atoms with E-state index in [9.17, 15) is 18.4 Å². The number of rotatable bonds is 5. The van der Waals surface area contributed by atoms with E-state index < -0.39 is 12.6 Å². The first-order valence-corrected chi connectivity index (χ1v) is 12.3. The predicted octanol–water partition coefficient (Wildman–Crippen LogP) is 5.41. The minimum Gasteiger partial charge on any atom is -0.367 e. The third kappa shape index (κ3) is 4.99. The van der Waals surface area contributed by atoms with E-state index >= 15 is 0 Å². The number of hydrogen-bond acceptors (Lipinski definition) is 7. The van der Waals surface area contributed by atoms with E-state index in [-0.39, 0.29) is 16.7 Å². The first-order valence-electron chi connectivity index (χ1n) is 11.5. The standard InChI is InChI=1S/C25H22F3N7S/c1-14-15(2-3-21-19(14)8-17(11-29)31-21)13-35-6-4-16(5-7-35)32-23-20-9-18(10-25(26,27)28)36-24(20)34-22(12-30)33-23/h2-3,8-9,16,31H,4-7,10,13H2,1H3,(H,32,33,34). The maximum Gasteiger partial charge on any atom is 0.393 e. The number of H-pyrrole nitrogens is 1. The van der Waals surface area contributed by atoms with E-state index in [1.54, 1.807) is 0 Å². The van der Waals surface area contributed by atoms with E-state index in [1.165, 1.54) is 11.6 Å². The van der Waals surface area contributed by atoms with Gasteiger partial charge in [0, 0.05) is 41.5 Å². The molecule has 2 N–H and O–H groups in total. The number of nitrogens with zero attached hydrogens (tertiary/aromatic N) is 5. The van der Waals surface area contributed by atoms with Gasteiger partial charge in [-0.05, 0) is 49.1 Å². The Bertz CT molecular complexity index is 1520. The molecule has 0 bridgehead atoms. The highest BCUT2D eigenvalue weighted by molar-refractivity contribution is 7.18. The van der Waals surface area contributed by atoms with E-state index in [4.69, 9.17) is 5.26 Å². The number of aromatic amines is 1. The van der Waals surface area contributed by atoms with Gasteiger partial charge in [0.2, 0.25) is 5.82 Å². The Morgan fingerprint density at radius 1 is 1.14 bits per heavy atom. The number of thiophene rings is 1. The fourth-order valence-corrected chi connectivity index (χ4v) is 5.77. The fraction of sp³-hybridized carbons (Fsp3) is 0.360. The van der Waals surface area contributed by atoms with Crippen LogP contribution in [0.4, 0.5) is 19.0 Å². The van der Waals surface area contributed by atoms with Gasteiger partial charge in [-0.3, -0.25) is 4.90 Å². The summed E-state index contributed by atoms with van der Waals surface area (Å²) in [4.78, 5) is 14.4. The summed E-state index contributed by atoms with van der Waals surface area (Å²) in [5.41, 5.74) is 3.87. The van der Waals surface area contributed by atoms with E-state index in [0.717, 1.165) is 60.3 Å². The number of likely N-dealkylation sites (tertiary alicyclic amines) is 1. The zero-order valence-corrected chi connectivity index (χ0v) is 20.2. The van der Waals surface area contributed by atoms with Gasteiger partial charge in [-0.2, -0.15) is 23.7 Å². The molecule has 0 amide bonds. The van der Waals surface area contributed by atoms with Crippen LogP contribution < -0.4 is 5.32 Å². The Kier molecular flexibility index (Phi) is 6.29. The molecule has 1 saturated heterocycles. The molecule has 0 saturated carbocycles. The number of aromatic nitrogens is 3. The highest BCUT2D eigenvalue weighted by Gasteiger charge is 2.29. The number of piperidine rings is 1. The van der Waals surface area contributed by atoms with Crippen molar-refractivity contribution in [1.82, 2.24) is 19.9 Å². The van der Waals surface area contributed by atoms with Crippen LogP contribution in [0.25, 0.3) is 21.1 Å². The molecule has 0 unspecified atom stereocenters. The number of benzene rings is 1. The fourth-order valence-electron chi connectivity index (χ4n) is 4.71. The van der Waals surface area contributed by atoms with Crippen LogP contribution in [0.5, 0.6) is 0 Å². The van der Waals surface area contributed by atoms with E-state index in [2.05, 4.69) is 44.2 Å². The van der Waals surface area contributed by atoms with Crippen molar-refractivity contribution in [1.29, 1.82) is 10.5 Å². The largest absolute Gasteiger partial charge is 0.393 e. The molecule has 3 aromatic heterocycles. The molecule has 0 aliphatic carbocycles. The Balaban J connectivity index is 1.27. The molecule has 7 nitrogen and oxygen atoms in total. The van der Waals surface area contributed by atoms with Crippen LogP contribution in [0.2, 0.25) is 0 Å². The summed E-state index contributed by atoms with van der Waals surface area (Å²) in [6, 6.07) is 11.6. The summed E-state index contributed by atoms with van der Waals surface area (Å²) < 4.78 is 38.7. The first-order chi connectivity index (χ1) is 17.2. The maximum atomic E-state index is 12.9. The van der Waals surface area contributed by atoms with Crippen molar-refractivity contribution < 1.29 is 13.2 Å². The molecular formula is C25H22F3N7S. The minimum atomic E-state index is -4.31. The predicted molar refractivity (Wildman–Crippen MR) is 132 cm³/mol.